The molecule has 3 fully saturated rings. The van der Waals surface area contributed by atoms with E-state index in [1.165, 1.54) is 18.4 Å². The van der Waals surface area contributed by atoms with Crippen molar-refractivity contribution in [3.05, 3.63) is 11.6 Å². The predicted molar refractivity (Wildman–Crippen MR) is 112 cm³/mol. The van der Waals surface area contributed by atoms with Gasteiger partial charge in [0.05, 0.1) is 12.2 Å². The minimum absolute atomic E-state index is 0.108. The van der Waals surface area contributed by atoms with E-state index in [2.05, 4.69) is 39.6 Å². The summed E-state index contributed by atoms with van der Waals surface area (Å²) < 4.78 is 6.61. The van der Waals surface area contributed by atoms with E-state index >= 15 is 0 Å². The van der Waals surface area contributed by atoms with Crippen molar-refractivity contribution in [2.45, 2.75) is 90.6 Å². The Labute approximate surface area is 166 Å². The Balaban J connectivity index is 1.72. The first-order chi connectivity index (χ1) is 12.6. The van der Waals surface area contributed by atoms with E-state index in [0.29, 0.717) is 23.7 Å². The molecule has 3 saturated carbocycles. The molecule has 4 heteroatoms. The number of fused-ring (bicyclic) bond motifs is 5. The van der Waals surface area contributed by atoms with Crippen molar-refractivity contribution in [1.82, 2.24) is 0 Å². The topological polar surface area (TPSA) is 49.7 Å². The molecule has 0 saturated heterocycles. The van der Waals surface area contributed by atoms with Crippen LogP contribution >= 0.6 is 0 Å². The molecule has 4 rings (SSSR count). The summed E-state index contributed by atoms with van der Waals surface area (Å²) in [5, 5.41) is 21.2. The number of hydrogen-bond donors (Lipinski definition) is 2. The van der Waals surface area contributed by atoms with E-state index in [4.69, 9.17) is 4.43 Å². The summed E-state index contributed by atoms with van der Waals surface area (Å²) in [4.78, 5) is 0. The Bertz CT molecular complexity index is 611. The van der Waals surface area contributed by atoms with Gasteiger partial charge in [-0.25, -0.2) is 0 Å². The number of hydrogen-bond acceptors (Lipinski definition) is 3. The minimum Gasteiger partial charge on any atom is -0.417 e. The molecule has 8 atom stereocenters. The van der Waals surface area contributed by atoms with Crippen molar-refractivity contribution < 1.29 is 14.6 Å². The van der Waals surface area contributed by atoms with Crippen LogP contribution in [0, 0.1) is 34.5 Å². The summed E-state index contributed by atoms with van der Waals surface area (Å²) in [6.45, 7) is 12.4. The Hall–Kier alpha value is -0.163. The van der Waals surface area contributed by atoms with E-state index in [9.17, 15) is 10.2 Å². The van der Waals surface area contributed by atoms with Crippen molar-refractivity contribution in [1.29, 1.82) is 0 Å². The maximum atomic E-state index is 10.7. The van der Waals surface area contributed by atoms with Gasteiger partial charge in [-0.05, 0) is 93.7 Å². The number of aliphatic hydroxyl groups is 2. The van der Waals surface area contributed by atoms with E-state index in [1.54, 1.807) is 0 Å². The molecule has 0 heterocycles. The second-order valence-corrected chi connectivity index (χ2v) is 15.9. The Morgan fingerprint density at radius 2 is 1.89 bits per heavy atom. The summed E-state index contributed by atoms with van der Waals surface area (Å²) in [5.74, 6) is 2.44. The molecule has 4 aliphatic rings. The highest BCUT2D eigenvalue weighted by molar-refractivity contribution is 6.69. The van der Waals surface area contributed by atoms with Crippen LogP contribution in [0.15, 0.2) is 11.6 Å². The third-order valence-corrected chi connectivity index (χ3v) is 10.00. The van der Waals surface area contributed by atoms with Crippen molar-refractivity contribution in [3.63, 3.8) is 0 Å². The zero-order valence-electron chi connectivity index (χ0n) is 18.0. The summed E-state index contributed by atoms with van der Waals surface area (Å²) in [5.41, 5.74) is 1.72. The van der Waals surface area contributed by atoms with Crippen LogP contribution in [0.5, 0.6) is 0 Å². The van der Waals surface area contributed by atoms with Crippen LogP contribution < -0.4 is 0 Å². The van der Waals surface area contributed by atoms with Crippen molar-refractivity contribution in [2.75, 3.05) is 6.61 Å². The number of allylic oxidation sites excluding steroid dienone is 1. The molecule has 3 nitrogen and oxygen atoms in total. The van der Waals surface area contributed by atoms with Gasteiger partial charge in [0.1, 0.15) is 0 Å². The van der Waals surface area contributed by atoms with Crippen LogP contribution in [0.4, 0.5) is 0 Å². The van der Waals surface area contributed by atoms with Crippen LogP contribution in [0.25, 0.3) is 0 Å². The molecule has 0 radical (unpaired) electrons. The van der Waals surface area contributed by atoms with Gasteiger partial charge in [-0.1, -0.05) is 25.5 Å². The van der Waals surface area contributed by atoms with Gasteiger partial charge in [0.15, 0.2) is 8.32 Å². The first-order valence-electron chi connectivity index (χ1n) is 11.3. The fraction of sp³-hybridized carbons (Fsp3) is 0.913. The van der Waals surface area contributed by atoms with Gasteiger partial charge in [0, 0.05) is 12.0 Å². The molecule has 0 aromatic rings. The van der Waals surface area contributed by atoms with Gasteiger partial charge in [-0.15, -0.1) is 0 Å². The van der Waals surface area contributed by atoms with Crippen LogP contribution in [0.2, 0.25) is 19.6 Å². The normalized spacial score (nSPS) is 49.8. The molecule has 2 N–H and O–H groups in total. The van der Waals surface area contributed by atoms with Crippen molar-refractivity contribution in [3.8, 4) is 0 Å². The second-order valence-electron chi connectivity index (χ2n) is 11.4. The molecule has 0 unspecified atom stereocenters. The van der Waals surface area contributed by atoms with E-state index in [0.717, 1.165) is 38.7 Å². The summed E-state index contributed by atoms with van der Waals surface area (Å²) in [7, 11) is -1.61. The van der Waals surface area contributed by atoms with Gasteiger partial charge in [0.25, 0.3) is 0 Å². The predicted octanol–water partition coefficient (Wildman–Crippen LogP) is 4.75. The summed E-state index contributed by atoms with van der Waals surface area (Å²) in [6.07, 6.45) is 9.59. The van der Waals surface area contributed by atoms with Crippen molar-refractivity contribution >= 4 is 8.32 Å². The van der Waals surface area contributed by atoms with Crippen LogP contribution in [-0.4, -0.2) is 37.3 Å². The van der Waals surface area contributed by atoms with Gasteiger partial charge in [0.2, 0.25) is 0 Å². The lowest BCUT2D eigenvalue weighted by Crippen LogP contribution is -2.57. The first-order valence-corrected chi connectivity index (χ1v) is 14.7. The fourth-order valence-electron chi connectivity index (χ4n) is 7.52. The lowest BCUT2D eigenvalue weighted by molar-refractivity contribution is -0.105. The van der Waals surface area contributed by atoms with E-state index in [1.807, 2.05) is 0 Å². The summed E-state index contributed by atoms with van der Waals surface area (Å²) in [6, 6.07) is 0. The largest absolute Gasteiger partial charge is 0.417 e. The second kappa shape index (κ2) is 6.68. The van der Waals surface area contributed by atoms with E-state index < -0.39 is 8.32 Å². The van der Waals surface area contributed by atoms with Crippen LogP contribution in [0.3, 0.4) is 0 Å². The van der Waals surface area contributed by atoms with Gasteiger partial charge in [-0.2, -0.15) is 0 Å². The highest BCUT2D eigenvalue weighted by Crippen LogP contribution is 2.66. The zero-order valence-corrected chi connectivity index (χ0v) is 19.0. The Morgan fingerprint density at radius 1 is 1.15 bits per heavy atom. The average Bonchev–Trinajstić information content (AvgIpc) is 2.88. The maximum absolute atomic E-state index is 10.7. The molecular weight excluding hydrogens is 352 g/mol. The summed E-state index contributed by atoms with van der Waals surface area (Å²) >= 11 is 0. The van der Waals surface area contributed by atoms with Crippen LogP contribution in [-0.2, 0) is 4.43 Å². The highest BCUT2D eigenvalue weighted by Gasteiger charge is 2.61. The molecule has 0 aliphatic heterocycles. The molecule has 0 aromatic carbocycles. The van der Waals surface area contributed by atoms with Gasteiger partial charge < -0.3 is 14.6 Å². The minimum atomic E-state index is -1.61. The molecule has 27 heavy (non-hydrogen) atoms. The van der Waals surface area contributed by atoms with E-state index in [-0.39, 0.29) is 23.0 Å². The van der Waals surface area contributed by atoms with Gasteiger partial charge in [-0.3, -0.25) is 0 Å². The van der Waals surface area contributed by atoms with Gasteiger partial charge >= 0.3 is 0 Å². The Morgan fingerprint density at radius 3 is 2.59 bits per heavy atom. The molecule has 4 aliphatic carbocycles. The zero-order chi connectivity index (χ0) is 19.6. The average molecular weight is 393 g/mol. The number of rotatable bonds is 3. The smallest absolute Gasteiger partial charge is 0.183 e. The third kappa shape index (κ3) is 3.10. The Kier molecular flexibility index (Phi) is 4.98. The molecular formula is C23H40O3Si. The molecule has 0 spiro atoms. The quantitative estimate of drug-likeness (QED) is 0.538. The SMILES string of the molecule is C[C@@H]1C[C@H](O)CC2=CC[C@H]3[C@@H]4CC[C@H](O)[C@@]4(C)CC[C@@H]3[C@]21CO[Si](C)(C)C. The highest BCUT2D eigenvalue weighted by atomic mass is 28.4. The molecule has 0 bridgehead atoms. The monoisotopic (exact) mass is 392 g/mol. The standard InChI is InChI=1S/C23H40O3Si/c1-15-12-17(24)13-16-6-7-18-19-8-9-21(25)22(19,2)11-10-20(18)23(15,16)14-26-27(3,4)5/h6,15,17-21,24-25H,7-14H2,1-5H3/t15-,17+,18+,19+,20+,21+,22+,23+/m1/s1. The fourth-order valence-corrected chi connectivity index (χ4v) is 8.20. The molecule has 0 aromatic heterocycles. The molecule has 154 valence electrons. The number of aliphatic hydroxyl groups excluding tert-OH is 2. The first kappa shape index (κ1) is 20.1. The third-order valence-electron chi connectivity index (χ3n) is 8.99. The lowest BCUT2D eigenvalue weighted by Gasteiger charge is -2.61. The molecule has 0 amide bonds. The maximum Gasteiger partial charge on any atom is 0.183 e. The van der Waals surface area contributed by atoms with Crippen LogP contribution in [0.1, 0.15) is 58.8 Å². The van der Waals surface area contributed by atoms with Crippen molar-refractivity contribution in [2.24, 2.45) is 34.5 Å². The lowest BCUT2D eigenvalue weighted by atomic mass is 9.45.